The maximum atomic E-state index is 12.1. The van der Waals surface area contributed by atoms with E-state index in [0.29, 0.717) is 18.0 Å². The number of aromatic hydroxyl groups is 2. The molecular formula is C15H15NO4. The fourth-order valence-corrected chi connectivity index (χ4v) is 1.71. The van der Waals surface area contributed by atoms with E-state index in [0.717, 1.165) is 0 Å². The predicted octanol–water partition coefficient (Wildman–Crippen LogP) is 2.75. The third-order valence-electron chi connectivity index (χ3n) is 2.67. The van der Waals surface area contributed by atoms with Gasteiger partial charge in [0.05, 0.1) is 12.3 Å². The van der Waals surface area contributed by atoms with Crippen LogP contribution >= 0.6 is 0 Å². The minimum Gasteiger partial charge on any atom is -0.504 e. The number of nitrogens with one attached hydrogen (secondary N) is 1. The second kappa shape index (κ2) is 5.97. The quantitative estimate of drug-likeness (QED) is 0.748. The first-order chi connectivity index (χ1) is 9.61. The summed E-state index contributed by atoms with van der Waals surface area (Å²) in [5.74, 6) is -0.425. The first-order valence-electron chi connectivity index (χ1n) is 6.17. The van der Waals surface area contributed by atoms with E-state index in [1.54, 1.807) is 18.2 Å². The van der Waals surface area contributed by atoms with E-state index in [1.807, 2.05) is 13.0 Å². The minimum atomic E-state index is -0.396. The number of phenols is 2. The first-order valence-corrected chi connectivity index (χ1v) is 6.17. The number of para-hydroxylation sites is 2. The summed E-state index contributed by atoms with van der Waals surface area (Å²) >= 11 is 0. The summed E-state index contributed by atoms with van der Waals surface area (Å²) in [6.45, 7) is 2.35. The van der Waals surface area contributed by atoms with Gasteiger partial charge in [-0.3, -0.25) is 4.79 Å². The van der Waals surface area contributed by atoms with E-state index in [2.05, 4.69) is 5.32 Å². The van der Waals surface area contributed by atoms with Crippen LogP contribution in [0.25, 0.3) is 0 Å². The molecule has 0 atom stereocenters. The lowest BCUT2D eigenvalue weighted by Gasteiger charge is -2.11. The molecule has 0 saturated carbocycles. The fourth-order valence-electron chi connectivity index (χ4n) is 1.71. The van der Waals surface area contributed by atoms with Crippen molar-refractivity contribution in [3.63, 3.8) is 0 Å². The van der Waals surface area contributed by atoms with Crippen LogP contribution in [0, 0.1) is 0 Å². The molecule has 0 unspecified atom stereocenters. The van der Waals surface area contributed by atoms with Gasteiger partial charge in [0.1, 0.15) is 5.75 Å². The Morgan fingerprint density at radius 2 is 1.90 bits per heavy atom. The van der Waals surface area contributed by atoms with E-state index >= 15 is 0 Å². The maximum Gasteiger partial charge on any atom is 0.255 e. The van der Waals surface area contributed by atoms with Crippen LogP contribution in [0.1, 0.15) is 17.3 Å². The monoisotopic (exact) mass is 273 g/mol. The van der Waals surface area contributed by atoms with Crippen LogP contribution in [0.5, 0.6) is 17.2 Å². The summed E-state index contributed by atoms with van der Waals surface area (Å²) in [4.78, 5) is 12.1. The van der Waals surface area contributed by atoms with E-state index in [9.17, 15) is 15.0 Å². The third kappa shape index (κ3) is 3.00. The number of benzene rings is 2. The van der Waals surface area contributed by atoms with Gasteiger partial charge in [0.15, 0.2) is 11.5 Å². The number of ether oxygens (including phenoxy) is 1. The standard InChI is InChI=1S/C15H15NO4/c1-2-20-14-6-4-3-5-11(14)16-15(19)10-7-8-12(17)13(18)9-10/h3-9,17-18H,2H2,1H3,(H,16,19). The maximum absolute atomic E-state index is 12.1. The molecule has 2 rings (SSSR count). The molecule has 0 aliphatic carbocycles. The van der Waals surface area contributed by atoms with Crippen molar-refractivity contribution in [2.24, 2.45) is 0 Å². The van der Waals surface area contributed by atoms with Gasteiger partial charge in [-0.25, -0.2) is 0 Å². The number of hydrogen-bond donors (Lipinski definition) is 3. The van der Waals surface area contributed by atoms with Crippen LogP contribution in [0.4, 0.5) is 5.69 Å². The van der Waals surface area contributed by atoms with Gasteiger partial charge < -0.3 is 20.3 Å². The smallest absolute Gasteiger partial charge is 0.255 e. The van der Waals surface area contributed by atoms with Gasteiger partial charge >= 0.3 is 0 Å². The van der Waals surface area contributed by atoms with E-state index in [4.69, 9.17) is 4.74 Å². The Balaban J connectivity index is 2.21. The first kappa shape index (κ1) is 13.7. The SMILES string of the molecule is CCOc1ccccc1NC(=O)c1ccc(O)c(O)c1. The van der Waals surface area contributed by atoms with Crippen LogP contribution in [0.15, 0.2) is 42.5 Å². The predicted molar refractivity (Wildman–Crippen MR) is 75.3 cm³/mol. The van der Waals surface area contributed by atoms with Crippen molar-refractivity contribution in [2.75, 3.05) is 11.9 Å². The van der Waals surface area contributed by atoms with E-state index in [1.165, 1.54) is 18.2 Å². The number of rotatable bonds is 4. The summed E-state index contributed by atoms with van der Waals surface area (Å²) in [7, 11) is 0. The minimum absolute atomic E-state index is 0.242. The Labute approximate surface area is 116 Å². The Morgan fingerprint density at radius 1 is 1.15 bits per heavy atom. The van der Waals surface area contributed by atoms with Crippen molar-refractivity contribution in [3.05, 3.63) is 48.0 Å². The lowest BCUT2D eigenvalue weighted by molar-refractivity contribution is 0.102. The summed E-state index contributed by atoms with van der Waals surface area (Å²) < 4.78 is 5.41. The molecule has 0 radical (unpaired) electrons. The Bertz CT molecular complexity index is 625. The molecule has 0 aliphatic rings. The molecule has 2 aromatic rings. The topological polar surface area (TPSA) is 78.8 Å². The van der Waals surface area contributed by atoms with Gasteiger partial charge in [0.25, 0.3) is 5.91 Å². The zero-order chi connectivity index (χ0) is 14.5. The highest BCUT2D eigenvalue weighted by atomic mass is 16.5. The van der Waals surface area contributed by atoms with E-state index in [-0.39, 0.29) is 17.1 Å². The fraction of sp³-hybridized carbons (Fsp3) is 0.133. The Morgan fingerprint density at radius 3 is 2.60 bits per heavy atom. The van der Waals surface area contributed by atoms with Gasteiger partial charge in [0, 0.05) is 5.56 Å². The van der Waals surface area contributed by atoms with Gasteiger partial charge in [-0.05, 0) is 37.3 Å². The lowest BCUT2D eigenvalue weighted by Crippen LogP contribution is -2.12. The molecule has 0 bridgehead atoms. The van der Waals surface area contributed by atoms with E-state index < -0.39 is 5.91 Å². The number of carbonyl (C=O) groups is 1. The summed E-state index contributed by atoms with van der Waals surface area (Å²) in [5.41, 5.74) is 0.790. The molecule has 0 fully saturated rings. The zero-order valence-corrected chi connectivity index (χ0v) is 11.0. The largest absolute Gasteiger partial charge is 0.504 e. The molecular weight excluding hydrogens is 258 g/mol. The highest BCUT2D eigenvalue weighted by Gasteiger charge is 2.11. The van der Waals surface area contributed by atoms with Crippen molar-refractivity contribution in [3.8, 4) is 17.2 Å². The average Bonchev–Trinajstić information content (AvgIpc) is 2.44. The molecule has 20 heavy (non-hydrogen) atoms. The number of hydrogen-bond acceptors (Lipinski definition) is 4. The zero-order valence-electron chi connectivity index (χ0n) is 11.0. The molecule has 104 valence electrons. The van der Waals surface area contributed by atoms with Gasteiger partial charge in [-0.1, -0.05) is 12.1 Å². The van der Waals surface area contributed by atoms with Crippen molar-refractivity contribution >= 4 is 11.6 Å². The average molecular weight is 273 g/mol. The van der Waals surface area contributed by atoms with Crippen molar-refractivity contribution in [2.45, 2.75) is 6.92 Å². The molecule has 0 aromatic heterocycles. The molecule has 1 amide bonds. The molecule has 0 aliphatic heterocycles. The highest BCUT2D eigenvalue weighted by Crippen LogP contribution is 2.27. The van der Waals surface area contributed by atoms with Crippen LogP contribution in [0.3, 0.4) is 0 Å². The third-order valence-corrected chi connectivity index (χ3v) is 2.67. The molecule has 0 saturated heterocycles. The molecule has 0 spiro atoms. The number of anilines is 1. The Hall–Kier alpha value is -2.69. The second-order valence-electron chi connectivity index (χ2n) is 4.09. The van der Waals surface area contributed by atoms with Gasteiger partial charge in [-0.15, -0.1) is 0 Å². The summed E-state index contributed by atoms with van der Waals surface area (Å²) in [6, 6.07) is 11.0. The van der Waals surface area contributed by atoms with Gasteiger partial charge in [-0.2, -0.15) is 0 Å². The molecule has 3 N–H and O–H groups in total. The van der Waals surface area contributed by atoms with Crippen LogP contribution in [-0.2, 0) is 0 Å². The molecule has 0 heterocycles. The van der Waals surface area contributed by atoms with Crippen molar-refractivity contribution in [1.29, 1.82) is 0 Å². The van der Waals surface area contributed by atoms with Crippen molar-refractivity contribution in [1.82, 2.24) is 0 Å². The normalized spacial score (nSPS) is 10.1. The van der Waals surface area contributed by atoms with Crippen molar-refractivity contribution < 1.29 is 19.7 Å². The Kier molecular flexibility index (Phi) is 4.10. The van der Waals surface area contributed by atoms with Crippen LogP contribution < -0.4 is 10.1 Å². The summed E-state index contributed by atoms with van der Waals surface area (Å²) in [5, 5.41) is 21.3. The lowest BCUT2D eigenvalue weighted by atomic mass is 10.2. The highest BCUT2D eigenvalue weighted by molar-refractivity contribution is 6.05. The van der Waals surface area contributed by atoms with Gasteiger partial charge in [0.2, 0.25) is 0 Å². The number of carbonyl (C=O) groups excluding carboxylic acids is 1. The van der Waals surface area contributed by atoms with Crippen LogP contribution in [0.2, 0.25) is 0 Å². The molecule has 5 nitrogen and oxygen atoms in total. The molecule has 2 aromatic carbocycles. The number of phenolic OH excluding ortho intramolecular Hbond substituents is 2. The van der Waals surface area contributed by atoms with Crippen LogP contribution in [-0.4, -0.2) is 22.7 Å². The second-order valence-corrected chi connectivity index (χ2v) is 4.09. The number of amides is 1. The molecule has 5 heteroatoms. The summed E-state index contributed by atoms with van der Waals surface area (Å²) in [6.07, 6.45) is 0.